The van der Waals surface area contributed by atoms with Crippen LogP contribution >= 0.6 is 0 Å². The van der Waals surface area contributed by atoms with Crippen molar-refractivity contribution < 1.29 is 0 Å². The maximum Gasteiger partial charge on any atom is 0.0624 e. The van der Waals surface area contributed by atoms with Gasteiger partial charge in [-0.2, -0.15) is 5.10 Å². The molecule has 0 aliphatic rings. The third-order valence-corrected chi connectivity index (χ3v) is 3.67. The Balaban J connectivity index is 2.21. The molecule has 108 valence electrons. The molecule has 0 saturated carbocycles. The van der Waals surface area contributed by atoms with Crippen molar-refractivity contribution in [2.45, 2.75) is 46.2 Å². The highest BCUT2D eigenvalue weighted by Crippen LogP contribution is 2.19. The summed E-state index contributed by atoms with van der Waals surface area (Å²) in [5.74, 6) is 5.74. The first kappa shape index (κ1) is 14.8. The summed E-state index contributed by atoms with van der Waals surface area (Å²) in [5, 5.41) is 4.59. The van der Waals surface area contributed by atoms with Crippen LogP contribution in [0.3, 0.4) is 0 Å². The summed E-state index contributed by atoms with van der Waals surface area (Å²) in [6.07, 6.45) is 1.81. The number of hydrogen-bond acceptors (Lipinski definition) is 3. The molecular formula is C16H24N4. The minimum atomic E-state index is 0.113. The van der Waals surface area contributed by atoms with E-state index in [1.165, 1.54) is 16.8 Å². The second-order valence-electron chi connectivity index (χ2n) is 5.13. The van der Waals surface area contributed by atoms with Gasteiger partial charge in [0.15, 0.2) is 0 Å². The third-order valence-electron chi connectivity index (χ3n) is 3.67. The Bertz CT molecular complexity index is 542. The molecule has 0 aliphatic heterocycles. The molecular weight excluding hydrogens is 248 g/mol. The largest absolute Gasteiger partial charge is 0.271 e. The molecule has 20 heavy (non-hydrogen) atoms. The summed E-state index contributed by atoms with van der Waals surface area (Å²) in [4.78, 5) is 0. The fourth-order valence-electron chi connectivity index (χ4n) is 2.41. The number of aryl methyl sites for hydroxylation is 3. The molecule has 0 saturated heterocycles. The quantitative estimate of drug-likeness (QED) is 0.627. The van der Waals surface area contributed by atoms with Crippen LogP contribution in [-0.4, -0.2) is 9.78 Å². The Morgan fingerprint density at radius 3 is 2.50 bits per heavy atom. The molecule has 1 heterocycles. The maximum atomic E-state index is 5.74. The van der Waals surface area contributed by atoms with Crippen LogP contribution in [0, 0.1) is 6.92 Å². The average Bonchev–Trinajstić information content (AvgIpc) is 2.88. The van der Waals surface area contributed by atoms with Crippen LogP contribution in [0.5, 0.6) is 0 Å². The van der Waals surface area contributed by atoms with Gasteiger partial charge in [0.2, 0.25) is 0 Å². The first-order valence-electron chi connectivity index (χ1n) is 7.26. The lowest BCUT2D eigenvalue weighted by molar-refractivity contribution is 0.516. The van der Waals surface area contributed by atoms with E-state index in [2.05, 4.69) is 66.3 Å². The summed E-state index contributed by atoms with van der Waals surface area (Å²) >= 11 is 0. The lowest BCUT2D eigenvalue weighted by atomic mass is 10.0. The van der Waals surface area contributed by atoms with Gasteiger partial charge in [0.1, 0.15) is 0 Å². The van der Waals surface area contributed by atoms with Crippen LogP contribution in [0.1, 0.15) is 42.4 Å². The Kier molecular flexibility index (Phi) is 4.93. The SMILES string of the molecule is CCc1cc(CC(NN)c2ccc(C)cc2)n(CC)n1. The lowest BCUT2D eigenvalue weighted by Gasteiger charge is -2.17. The minimum absolute atomic E-state index is 0.113. The molecule has 4 heteroatoms. The highest BCUT2D eigenvalue weighted by molar-refractivity contribution is 5.25. The molecule has 1 atom stereocenters. The van der Waals surface area contributed by atoms with Gasteiger partial charge in [0, 0.05) is 18.7 Å². The van der Waals surface area contributed by atoms with Crippen LogP contribution in [0.2, 0.25) is 0 Å². The van der Waals surface area contributed by atoms with Crippen molar-refractivity contribution in [3.05, 3.63) is 52.8 Å². The van der Waals surface area contributed by atoms with Gasteiger partial charge in [-0.05, 0) is 31.9 Å². The topological polar surface area (TPSA) is 55.9 Å². The molecule has 3 N–H and O–H groups in total. The standard InChI is InChI=1S/C16H24N4/c1-4-14-10-15(20(5-2)19-14)11-16(18-17)13-8-6-12(3)7-9-13/h6-10,16,18H,4-5,11,17H2,1-3H3. The lowest BCUT2D eigenvalue weighted by Crippen LogP contribution is -2.30. The van der Waals surface area contributed by atoms with E-state index in [-0.39, 0.29) is 6.04 Å². The van der Waals surface area contributed by atoms with E-state index in [4.69, 9.17) is 5.84 Å². The molecule has 1 aromatic heterocycles. The smallest absolute Gasteiger partial charge is 0.0624 e. The zero-order valence-corrected chi connectivity index (χ0v) is 12.6. The molecule has 0 spiro atoms. The van der Waals surface area contributed by atoms with Gasteiger partial charge >= 0.3 is 0 Å². The number of nitrogens with one attached hydrogen (secondary N) is 1. The summed E-state index contributed by atoms with van der Waals surface area (Å²) in [6.45, 7) is 7.23. The van der Waals surface area contributed by atoms with Crippen molar-refractivity contribution in [2.75, 3.05) is 0 Å². The molecule has 1 aromatic carbocycles. The molecule has 0 bridgehead atoms. The molecule has 0 aliphatic carbocycles. The van der Waals surface area contributed by atoms with Gasteiger partial charge in [-0.15, -0.1) is 0 Å². The van der Waals surface area contributed by atoms with Crippen molar-refractivity contribution >= 4 is 0 Å². The number of benzene rings is 1. The molecule has 2 rings (SSSR count). The minimum Gasteiger partial charge on any atom is -0.271 e. The van der Waals surface area contributed by atoms with Crippen LogP contribution < -0.4 is 11.3 Å². The van der Waals surface area contributed by atoms with E-state index in [9.17, 15) is 0 Å². The first-order valence-corrected chi connectivity index (χ1v) is 7.26. The molecule has 0 fully saturated rings. The Hall–Kier alpha value is -1.65. The second-order valence-corrected chi connectivity index (χ2v) is 5.13. The number of hydrogen-bond donors (Lipinski definition) is 2. The number of rotatable bonds is 6. The van der Waals surface area contributed by atoms with E-state index in [1.807, 2.05) is 0 Å². The number of nitrogens with zero attached hydrogens (tertiary/aromatic N) is 2. The number of aromatic nitrogens is 2. The van der Waals surface area contributed by atoms with Crippen LogP contribution in [0.25, 0.3) is 0 Å². The fourth-order valence-corrected chi connectivity index (χ4v) is 2.41. The third kappa shape index (κ3) is 3.26. The van der Waals surface area contributed by atoms with Crippen LogP contribution in [-0.2, 0) is 19.4 Å². The van der Waals surface area contributed by atoms with Crippen molar-refractivity contribution in [1.82, 2.24) is 15.2 Å². The average molecular weight is 272 g/mol. The summed E-state index contributed by atoms with van der Waals surface area (Å²) in [6, 6.07) is 10.8. The van der Waals surface area contributed by atoms with E-state index in [1.54, 1.807) is 0 Å². The molecule has 4 nitrogen and oxygen atoms in total. The normalized spacial score (nSPS) is 12.6. The zero-order chi connectivity index (χ0) is 14.5. The Morgan fingerprint density at radius 2 is 1.95 bits per heavy atom. The van der Waals surface area contributed by atoms with Gasteiger partial charge in [0.05, 0.1) is 11.7 Å². The second kappa shape index (κ2) is 6.68. The maximum absolute atomic E-state index is 5.74. The van der Waals surface area contributed by atoms with Crippen molar-refractivity contribution in [3.8, 4) is 0 Å². The fraction of sp³-hybridized carbons (Fsp3) is 0.438. The van der Waals surface area contributed by atoms with E-state index >= 15 is 0 Å². The van der Waals surface area contributed by atoms with Crippen LogP contribution in [0.4, 0.5) is 0 Å². The highest BCUT2D eigenvalue weighted by Gasteiger charge is 2.14. The Labute approximate surface area is 121 Å². The summed E-state index contributed by atoms with van der Waals surface area (Å²) in [7, 11) is 0. The monoisotopic (exact) mass is 272 g/mol. The van der Waals surface area contributed by atoms with Gasteiger partial charge < -0.3 is 0 Å². The van der Waals surface area contributed by atoms with Crippen molar-refractivity contribution in [3.63, 3.8) is 0 Å². The molecule has 2 aromatic rings. The summed E-state index contributed by atoms with van der Waals surface area (Å²) < 4.78 is 2.07. The van der Waals surface area contributed by atoms with Gasteiger partial charge in [-0.25, -0.2) is 0 Å². The van der Waals surface area contributed by atoms with Crippen molar-refractivity contribution in [1.29, 1.82) is 0 Å². The summed E-state index contributed by atoms with van der Waals surface area (Å²) in [5.41, 5.74) is 7.76. The number of nitrogens with two attached hydrogens (primary N) is 1. The predicted octanol–water partition coefficient (Wildman–Crippen LogP) is 2.52. The molecule has 0 radical (unpaired) electrons. The molecule has 1 unspecified atom stereocenters. The predicted molar refractivity (Wildman–Crippen MR) is 82.2 cm³/mol. The van der Waals surface area contributed by atoms with Crippen LogP contribution in [0.15, 0.2) is 30.3 Å². The van der Waals surface area contributed by atoms with E-state index in [0.717, 1.165) is 25.1 Å². The Morgan fingerprint density at radius 1 is 1.25 bits per heavy atom. The molecule has 0 amide bonds. The van der Waals surface area contributed by atoms with Gasteiger partial charge in [-0.1, -0.05) is 36.8 Å². The highest BCUT2D eigenvalue weighted by atomic mass is 15.3. The van der Waals surface area contributed by atoms with E-state index < -0.39 is 0 Å². The van der Waals surface area contributed by atoms with Gasteiger partial charge in [-0.3, -0.25) is 16.0 Å². The van der Waals surface area contributed by atoms with E-state index in [0.29, 0.717) is 0 Å². The van der Waals surface area contributed by atoms with Crippen molar-refractivity contribution in [2.24, 2.45) is 5.84 Å². The zero-order valence-electron chi connectivity index (χ0n) is 12.6. The number of hydrazine groups is 1. The first-order chi connectivity index (χ1) is 9.67. The van der Waals surface area contributed by atoms with Gasteiger partial charge in [0.25, 0.3) is 0 Å².